The Morgan fingerprint density at radius 1 is 0.391 bits per heavy atom. The summed E-state index contributed by atoms with van der Waals surface area (Å²) in [6.07, 6.45) is 0. The minimum Gasteiger partial charge on any atom is -0.295 e. The second kappa shape index (κ2) is 21.0. The molecule has 6 aromatic rings. The summed E-state index contributed by atoms with van der Waals surface area (Å²) < 4.78 is 108. The molecule has 0 fully saturated rings. The van der Waals surface area contributed by atoms with Gasteiger partial charge in [-0.2, -0.15) is 26.3 Å². The zero-order valence-electron chi connectivity index (χ0n) is 33.4. The smallest absolute Gasteiger partial charge is 0.295 e. The van der Waals surface area contributed by atoms with Crippen LogP contribution in [0.4, 0.5) is 26.3 Å². The summed E-state index contributed by atoms with van der Waals surface area (Å²) in [6, 6.07) is 49.5. The molecule has 0 radical (unpaired) electrons. The lowest BCUT2D eigenvalue weighted by molar-refractivity contribution is -0.0476. The Bertz CT molecular complexity index is 2540. The van der Waals surface area contributed by atoms with Crippen molar-refractivity contribution >= 4 is 83.6 Å². The van der Waals surface area contributed by atoms with Gasteiger partial charge in [-0.3, -0.25) is 14.4 Å². The molecule has 0 aromatic heterocycles. The molecule has 0 spiro atoms. The van der Waals surface area contributed by atoms with E-state index >= 15 is 0 Å². The van der Waals surface area contributed by atoms with Crippen molar-refractivity contribution in [2.75, 3.05) is 0 Å². The van der Waals surface area contributed by atoms with E-state index in [1.807, 2.05) is 72.8 Å². The molecule has 0 atom stereocenters. The molecule has 0 saturated carbocycles. The van der Waals surface area contributed by atoms with Crippen LogP contribution in [0.5, 0.6) is 0 Å². The molecule has 20 heteroatoms. The Balaban J connectivity index is 0.000000440. The first-order valence-electron chi connectivity index (χ1n) is 18.2. The van der Waals surface area contributed by atoms with Crippen LogP contribution >= 0.6 is 35.3 Å². The predicted molar refractivity (Wildman–Crippen MR) is 236 cm³/mol. The van der Waals surface area contributed by atoms with Gasteiger partial charge in [0.2, 0.25) is 0 Å². The molecular formula is C44H34F6NO7S6+. The summed E-state index contributed by atoms with van der Waals surface area (Å²) in [7, 11) is -13.5. The molecule has 0 aliphatic heterocycles. The average molecular weight is 995 g/mol. The van der Waals surface area contributed by atoms with Crippen LogP contribution in [0.2, 0.25) is 0 Å². The number of rotatable bonds is 14. The van der Waals surface area contributed by atoms with E-state index in [1.165, 1.54) is 14.7 Å². The summed E-state index contributed by atoms with van der Waals surface area (Å²) in [5, 5.41) is 0. The number of Topliss-reactive ketones (excluding diaryl/α,β-unsaturated/α-hetero) is 3. The number of carbonyl (C=O) groups excluding carboxylic acids is 3. The van der Waals surface area contributed by atoms with Crippen LogP contribution in [0.15, 0.2) is 190 Å². The van der Waals surface area contributed by atoms with Crippen molar-refractivity contribution in [1.29, 1.82) is 0 Å². The number of ketones is 3. The number of nitrogens with one attached hydrogen (secondary N) is 1. The number of hydrogen-bond donors (Lipinski definition) is 1. The maximum atomic E-state index is 11.7. The van der Waals surface area contributed by atoms with Gasteiger partial charge in [-0.05, 0) is 130 Å². The molecular weight excluding hydrogens is 961 g/mol. The minimum absolute atomic E-state index is 0.0674. The summed E-state index contributed by atoms with van der Waals surface area (Å²) in [4.78, 5) is 45.4. The van der Waals surface area contributed by atoms with Crippen LogP contribution in [-0.4, -0.2) is 45.2 Å². The highest BCUT2D eigenvalue weighted by molar-refractivity contribution is 8.05. The lowest BCUT2D eigenvalue weighted by atomic mass is 10.2. The van der Waals surface area contributed by atoms with E-state index in [9.17, 15) is 57.6 Å². The van der Waals surface area contributed by atoms with Crippen LogP contribution in [0, 0.1) is 0 Å². The third kappa shape index (κ3) is 13.6. The monoisotopic (exact) mass is 994 g/mol. The van der Waals surface area contributed by atoms with Gasteiger partial charge in [0.1, 0.15) is 0 Å². The van der Waals surface area contributed by atoms with Gasteiger partial charge in [0.15, 0.2) is 32.0 Å². The summed E-state index contributed by atoms with van der Waals surface area (Å²) in [5.41, 5.74) is -10.1. The van der Waals surface area contributed by atoms with Gasteiger partial charge in [-0.1, -0.05) is 75.8 Å². The minimum atomic E-state index is -6.60. The molecule has 8 nitrogen and oxygen atoms in total. The number of hydrogen-bond acceptors (Lipinski definition) is 10. The Morgan fingerprint density at radius 2 is 0.578 bits per heavy atom. The van der Waals surface area contributed by atoms with E-state index in [-0.39, 0.29) is 28.2 Å². The second-order valence-corrected chi connectivity index (χ2v) is 22.3. The summed E-state index contributed by atoms with van der Waals surface area (Å²) in [5.74, 6) is 0.202. The molecule has 0 aliphatic carbocycles. The van der Waals surface area contributed by atoms with Crippen LogP contribution in [-0.2, 0) is 30.9 Å². The fraction of sp³-hybridized carbons (Fsp3) is 0.114. The van der Waals surface area contributed by atoms with Crippen molar-refractivity contribution in [2.24, 2.45) is 0 Å². The molecule has 0 amide bonds. The highest BCUT2D eigenvalue weighted by Crippen LogP contribution is 2.38. The first kappa shape index (κ1) is 50.2. The Hall–Kier alpha value is -4.83. The topological polar surface area (TPSA) is 132 Å². The molecule has 0 saturated heterocycles. The lowest BCUT2D eigenvalue weighted by Crippen LogP contribution is -2.45. The van der Waals surface area contributed by atoms with Crippen molar-refractivity contribution in [3.05, 3.63) is 162 Å². The second-order valence-electron chi connectivity index (χ2n) is 13.2. The molecule has 1 N–H and O–H groups in total. The van der Waals surface area contributed by atoms with Crippen molar-refractivity contribution in [3.63, 3.8) is 0 Å². The van der Waals surface area contributed by atoms with E-state index in [1.54, 1.807) is 56.1 Å². The quantitative estimate of drug-likeness (QED) is 0.0639. The molecule has 64 heavy (non-hydrogen) atoms. The molecule has 0 aliphatic rings. The third-order valence-electron chi connectivity index (χ3n) is 8.50. The number of sulfonamides is 2. The molecule has 0 heterocycles. The predicted octanol–water partition coefficient (Wildman–Crippen LogP) is 12.1. The largest absolute Gasteiger partial charge is 0.512 e. The maximum absolute atomic E-state index is 11.7. The number of benzene rings is 6. The number of halogens is 6. The SMILES string of the molecule is CC(=O)c1ccc(Sc2ccc([S+](c3ccc(Sc4ccc(C(C)=O)cc4)cc3)c3ccc(Sc4ccc(C(C)=O)cc4)cc3)cc2)cc1.O=S(=O)(NS(=O)(=O)C(F)(F)F)C(F)(F)F. The van der Waals surface area contributed by atoms with E-state index < -0.39 is 35.2 Å². The average Bonchev–Trinajstić information content (AvgIpc) is 3.22. The van der Waals surface area contributed by atoms with Gasteiger partial charge >= 0.3 is 31.1 Å². The van der Waals surface area contributed by atoms with Gasteiger partial charge in [0.05, 0.1) is 10.9 Å². The van der Waals surface area contributed by atoms with Crippen LogP contribution in [0.1, 0.15) is 51.8 Å². The summed E-state index contributed by atoms with van der Waals surface area (Å²) >= 11 is 5.04. The van der Waals surface area contributed by atoms with Crippen LogP contribution in [0.25, 0.3) is 0 Å². The van der Waals surface area contributed by atoms with Crippen LogP contribution in [0.3, 0.4) is 0 Å². The zero-order valence-corrected chi connectivity index (χ0v) is 38.3. The highest BCUT2D eigenvalue weighted by Gasteiger charge is 2.55. The first-order valence-corrected chi connectivity index (χ1v) is 24.9. The van der Waals surface area contributed by atoms with Crippen molar-refractivity contribution in [2.45, 2.75) is 75.8 Å². The van der Waals surface area contributed by atoms with E-state index in [4.69, 9.17) is 0 Å². The fourth-order valence-electron chi connectivity index (χ4n) is 5.26. The summed E-state index contributed by atoms with van der Waals surface area (Å²) in [6.45, 7) is 4.75. The molecule has 6 rings (SSSR count). The van der Waals surface area contributed by atoms with Gasteiger partial charge in [0, 0.05) is 46.1 Å². The third-order valence-corrected chi connectivity index (χ3v) is 16.7. The van der Waals surface area contributed by atoms with Gasteiger partial charge < -0.3 is 0 Å². The van der Waals surface area contributed by atoms with Crippen molar-refractivity contribution in [3.8, 4) is 0 Å². The standard InChI is InChI=1S/C42H33O3S4.C2HF6NO4S2/c1-28(43)31-4-10-34(11-5-31)46-37-16-22-40(23-17-37)49(41-24-18-38(19-25-41)47-35-12-6-32(7-13-35)29(2)44)42-26-20-39(21-27-42)48-36-14-8-33(9-15-36)30(3)45;3-1(4,5)14(10,11)9-15(12,13)2(6,7)8/h4-27H,1-3H3;9H/q+1;. The zero-order chi connectivity index (χ0) is 47.0. The molecule has 0 bridgehead atoms. The molecule has 6 aromatic carbocycles. The lowest BCUT2D eigenvalue weighted by Gasteiger charge is -2.11. The maximum Gasteiger partial charge on any atom is 0.512 e. The van der Waals surface area contributed by atoms with Crippen molar-refractivity contribution < 1.29 is 57.6 Å². The van der Waals surface area contributed by atoms with Crippen molar-refractivity contribution in [1.82, 2.24) is 4.13 Å². The Morgan fingerprint density at radius 3 is 0.750 bits per heavy atom. The fourth-order valence-corrected chi connectivity index (χ4v) is 11.7. The molecule has 0 unspecified atom stereocenters. The molecule has 334 valence electrons. The van der Waals surface area contributed by atoms with E-state index in [0.29, 0.717) is 16.7 Å². The number of carbonyl (C=O) groups is 3. The normalized spacial score (nSPS) is 12.0. The Kier molecular flexibility index (Phi) is 16.5. The van der Waals surface area contributed by atoms with E-state index in [2.05, 4.69) is 72.8 Å². The first-order chi connectivity index (χ1) is 29.9. The van der Waals surface area contributed by atoms with Gasteiger partial charge in [-0.15, -0.1) is 0 Å². The Labute approximate surface area is 381 Å². The van der Waals surface area contributed by atoms with Gasteiger partial charge in [0.25, 0.3) is 0 Å². The highest BCUT2D eigenvalue weighted by atomic mass is 32.3. The van der Waals surface area contributed by atoms with E-state index in [0.717, 1.165) is 29.4 Å². The number of alkyl halides is 6. The van der Waals surface area contributed by atoms with Gasteiger partial charge in [-0.25, -0.2) is 16.8 Å². The van der Waals surface area contributed by atoms with Crippen LogP contribution < -0.4 is 4.13 Å².